The third-order valence-corrected chi connectivity index (χ3v) is 5.61. The summed E-state index contributed by atoms with van der Waals surface area (Å²) in [6, 6.07) is 2.76. The van der Waals surface area contributed by atoms with Gasteiger partial charge in [-0.15, -0.1) is 0 Å². The molecule has 0 amide bonds. The van der Waals surface area contributed by atoms with Gasteiger partial charge in [-0.05, 0) is 38.5 Å². The van der Waals surface area contributed by atoms with Gasteiger partial charge < -0.3 is 5.11 Å². The zero-order chi connectivity index (χ0) is 15.7. The van der Waals surface area contributed by atoms with Gasteiger partial charge in [-0.1, -0.05) is 6.92 Å². The van der Waals surface area contributed by atoms with E-state index in [0.717, 1.165) is 18.2 Å². The predicted molar refractivity (Wildman–Crippen MR) is 72.7 cm³/mol. The van der Waals surface area contributed by atoms with E-state index in [0.29, 0.717) is 6.42 Å². The van der Waals surface area contributed by atoms with Crippen molar-refractivity contribution in [2.75, 3.05) is 7.05 Å². The number of carboxylic acids is 1. The summed E-state index contributed by atoms with van der Waals surface area (Å²) in [6.45, 7) is 5.36. The average Bonchev–Trinajstić information content (AvgIpc) is 2.37. The van der Waals surface area contributed by atoms with E-state index in [1.54, 1.807) is 13.8 Å². The number of aromatic carboxylic acids is 1. The quantitative estimate of drug-likeness (QED) is 0.906. The van der Waals surface area contributed by atoms with Crippen molar-refractivity contribution >= 4 is 16.0 Å². The molecule has 1 aromatic carbocycles. The monoisotopic (exact) mass is 303 g/mol. The lowest BCUT2D eigenvalue weighted by Crippen LogP contribution is -2.44. The molecule has 7 heteroatoms. The van der Waals surface area contributed by atoms with Crippen LogP contribution in [0.3, 0.4) is 0 Å². The highest BCUT2D eigenvalue weighted by molar-refractivity contribution is 7.89. The SMILES string of the molecule is CCC(C)(C)N(C)S(=O)(=O)c1ccc(F)c(C(=O)O)c1. The molecule has 0 heterocycles. The molecule has 112 valence electrons. The Morgan fingerprint density at radius 1 is 1.40 bits per heavy atom. The van der Waals surface area contributed by atoms with Crippen molar-refractivity contribution in [2.24, 2.45) is 0 Å². The summed E-state index contributed by atoms with van der Waals surface area (Å²) >= 11 is 0. The Labute approximate surface area is 118 Å². The van der Waals surface area contributed by atoms with E-state index in [2.05, 4.69) is 0 Å². The molecule has 20 heavy (non-hydrogen) atoms. The Kier molecular flexibility index (Phi) is 4.55. The molecule has 0 bridgehead atoms. The highest BCUT2D eigenvalue weighted by Crippen LogP contribution is 2.26. The van der Waals surface area contributed by atoms with Crippen molar-refractivity contribution in [2.45, 2.75) is 37.6 Å². The Hall–Kier alpha value is -1.47. The smallest absolute Gasteiger partial charge is 0.338 e. The Morgan fingerprint density at radius 3 is 2.40 bits per heavy atom. The summed E-state index contributed by atoms with van der Waals surface area (Å²) < 4.78 is 39.4. The number of benzene rings is 1. The fourth-order valence-electron chi connectivity index (χ4n) is 1.53. The Morgan fingerprint density at radius 2 is 1.95 bits per heavy atom. The van der Waals surface area contributed by atoms with E-state index in [-0.39, 0.29) is 4.90 Å². The predicted octanol–water partition coefficient (Wildman–Crippen LogP) is 2.33. The van der Waals surface area contributed by atoms with Crippen LogP contribution in [0.25, 0.3) is 0 Å². The largest absolute Gasteiger partial charge is 0.478 e. The van der Waals surface area contributed by atoms with Crippen LogP contribution in [-0.4, -0.2) is 36.4 Å². The molecule has 0 saturated heterocycles. The third kappa shape index (κ3) is 2.99. The van der Waals surface area contributed by atoms with E-state index in [1.807, 2.05) is 6.92 Å². The Balaban J connectivity index is 3.37. The molecule has 0 saturated carbocycles. The minimum atomic E-state index is -3.88. The molecule has 0 unspecified atom stereocenters. The molecule has 1 N–H and O–H groups in total. The van der Waals surface area contributed by atoms with Crippen molar-refractivity contribution < 1.29 is 22.7 Å². The maximum atomic E-state index is 13.3. The van der Waals surface area contributed by atoms with Crippen LogP contribution in [0.1, 0.15) is 37.6 Å². The number of carbonyl (C=O) groups is 1. The van der Waals surface area contributed by atoms with E-state index in [1.165, 1.54) is 11.4 Å². The normalized spacial score (nSPS) is 12.7. The molecular formula is C13H18FNO4S. The molecule has 0 aliphatic heterocycles. The van der Waals surface area contributed by atoms with Gasteiger partial charge in [0.15, 0.2) is 0 Å². The zero-order valence-electron chi connectivity index (χ0n) is 11.8. The number of sulfonamides is 1. The number of nitrogens with zero attached hydrogens (tertiary/aromatic N) is 1. The number of halogens is 1. The summed E-state index contributed by atoms with van der Waals surface area (Å²) in [5.74, 6) is -2.47. The lowest BCUT2D eigenvalue weighted by Gasteiger charge is -2.33. The third-order valence-electron chi connectivity index (χ3n) is 3.54. The van der Waals surface area contributed by atoms with Gasteiger partial charge in [0.2, 0.25) is 10.0 Å². The van der Waals surface area contributed by atoms with Gasteiger partial charge in [0.1, 0.15) is 5.82 Å². The number of hydrogen-bond donors (Lipinski definition) is 1. The van der Waals surface area contributed by atoms with Crippen molar-refractivity contribution in [1.29, 1.82) is 0 Å². The molecule has 1 aromatic rings. The first-order valence-electron chi connectivity index (χ1n) is 6.06. The van der Waals surface area contributed by atoms with Crippen LogP contribution in [-0.2, 0) is 10.0 Å². The summed E-state index contributed by atoms with van der Waals surface area (Å²) in [4.78, 5) is 10.6. The van der Waals surface area contributed by atoms with Gasteiger partial charge >= 0.3 is 5.97 Å². The number of hydrogen-bond acceptors (Lipinski definition) is 3. The van der Waals surface area contributed by atoms with E-state index in [4.69, 9.17) is 5.11 Å². The molecule has 0 aromatic heterocycles. The molecule has 0 aliphatic carbocycles. The van der Waals surface area contributed by atoms with Crippen molar-refractivity contribution in [1.82, 2.24) is 4.31 Å². The highest BCUT2D eigenvalue weighted by Gasteiger charge is 2.33. The van der Waals surface area contributed by atoms with Crippen molar-refractivity contribution in [3.05, 3.63) is 29.6 Å². The van der Waals surface area contributed by atoms with Crippen LogP contribution in [0.4, 0.5) is 4.39 Å². The summed E-state index contributed by atoms with van der Waals surface area (Å²) in [7, 11) is -2.46. The lowest BCUT2D eigenvalue weighted by molar-refractivity contribution is 0.0691. The maximum absolute atomic E-state index is 13.3. The molecule has 1 rings (SSSR count). The molecule has 5 nitrogen and oxygen atoms in total. The van der Waals surface area contributed by atoms with Gasteiger partial charge in [-0.2, -0.15) is 4.31 Å². The van der Waals surface area contributed by atoms with Gasteiger partial charge in [0.25, 0.3) is 0 Å². The van der Waals surface area contributed by atoms with Crippen LogP contribution in [0, 0.1) is 5.82 Å². The summed E-state index contributed by atoms with van der Waals surface area (Å²) in [6.07, 6.45) is 0.579. The van der Waals surface area contributed by atoms with Crippen LogP contribution in [0.15, 0.2) is 23.1 Å². The zero-order valence-corrected chi connectivity index (χ0v) is 12.7. The van der Waals surface area contributed by atoms with E-state index >= 15 is 0 Å². The maximum Gasteiger partial charge on any atom is 0.338 e. The van der Waals surface area contributed by atoms with Gasteiger partial charge in [0, 0.05) is 12.6 Å². The molecule has 0 fully saturated rings. The highest BCUT2D eigenvalue weighted by atomic mass is 32.2. The minimum Gasteiger partial charge on any atom is -0.478 e. The van der Waals surface area contributed by atoms with E-state index in [9.17, 15) is 17.6 Å². The van der Waals surface area contributed by atoms with Crippen molar-refractivity contribution in [3.8, 4) is 0 Å². The molecule has 0 spiro atoms. The van der Waals surface area contributed by atoms with Gasteiger partial charge in [-0.25, -0.2) is 17.6 Å². The first-order valence-corrected chi connectivity index (χ1v) is 7.50. The van der Waals surface area contributed by atoms with Crippen LogP contribution in [0.2, 0.25) is 0 Å². The topological polar surface area (TPSA) is 74.7 Å². The molecular weight excluding hydrogens is 285 g/mol. The first kappa shape index (κ1) is 16.6. The summed E-state index contributed by atoms with van der Waals surface area (Å²) in [5, 5.41) is 8.85. The standard InChI is InChI=1S/C13H18FNO4S/c1-5-13(2,3)15(4)20(18,19)9-6-7-11(14)10(8-9)12(16)17/h6-8H,5H2,1-4H3,(H,16,17). The second-order valence-electron chi connectivity index (χ2n) is 5.09. The van der Waals surface area contributed by atoms with Gasteiger partial charge in [0.05, 0.1) is 10.5 Å². The first-order chi connectivity index (χ1) is 9.04. The average molecular weight is 303 g/mol. The fourth-order valence-corrected chi connectivity index (χ4v) is 3.14. The second kappa shape index (κ2) is 5.49. The van der Waals surface area contributed by atoms with Crippen LogP contribution >= 0.6 is 0 Å². The van der Waals surface area contributed by atoms with Crippen LogP contribution < -0.4 is 0 Å². The minimum absolute atomic E-state index is 0.236. The number of carboxylic acid groups (broad SMARTS) is 1. The molecule has 0 aliphatic rings. The van der Waals surface area contributed by atoms with Gasteiger partial charge in [-0.3, -0.25) is 0 Å². The lowest BCUT2D eigenvalue weighted by atomic mass is 10.0. The molecule has 0 radical (unpaired) electrons. The number of rotatable bonds is 5. The van der Waals surface area contributed by atoms with Crippen LogP contribution in [0.5, 0.6) is 0 Å². The summed E-state index contributed by atoms with van der Waals surface area (Å²) in [5.41, 5.74) is -1.29. The second-order valence-corrected chi connectivity index (χ2v) is 7.05. The van der Waals surface area contributed by atoms with Crippen molar-refractivity contribution in [3.63, 3.8) is 0 Å². The Bertz CT molecular complexity index is 625. The molecule has 0 atom stereocenters. The fraction of sp³-hybridized carbons (Fsp3) is 0.462. The van der Waals surface area contributed by atoms with E-state index < -0.39 is 32.9 Å².